The van der Waals surface area contributed by atoms with Gasteiger partial charge in [-0.15, -0.1) is 11.8 Å². The molecule has 0 saturated heterocycles. The normalized spacial score (nSPS) is 11.5. The largest absolute Gasteiger partial charge is 0.449 e. The van der Waals surface area contributed by atoms with Crippen LogP contribution < -0.4 is 10.9 Å². The summed E-state index contributed by atoms with van der Waals surface area (Å²) in [6, 6.07) is 7.64. The van der Waals surface area contributed by atoms with Crippen molar-refractivity contribution >= 4 is 39.7 Å². The Morgan fingerprint density at radius 1 is 1.32 bits per heavy atom. The molecule has 104 valence electrons. The Bertz CT molecular complexity index is 439. The van der Waals surface area contributed by atoms with Crippen molar-refractivity contribution in [2.45, 2.75) is 24.0 Å². The highest BCUT2D eigenvalue weighted by Gasteiger charge is 2.15. The van der Waals surface area contributed by atoms with Gasteiger partial charge in [0, 0.05) is 9.37 Å². The third-order valence-corrected chi connectivity index (χ3v) is 3.70. The first-order chi connectivity index (χ1) is 9.02. The van der Waals surface area contributed by atoms with Crippen molar-refractivity contribution in [3.63, 3.8) is 0 Å². The van der Waals surface area contributed by atoms with Gasteiger partial charge < -0.3 is 4.74 Å². The van der Waals surface area contributed by atoms with Crippen LogP contribution in [-0.2, 0) is 9.53 Å². The molecule has 0 fully saturated rings. The first-order valence-electron chi connectivity index (χ1n) is 5.67. The van der Waals surface area contributed by atoms with Crippen LogP contribution in [0.1, 0.15) is 13.8 Å². The van der Waals surface area contributed by atoms with Crippen LogP contribution in [0.5, 0.6) is 0 Å². The number of ether oxygens (including phenoxy) is 1. The van der Waals surface area contributed by atoms with E-state index < -0.39 is 6.09 Å². The molecule has 0 aliphatic carbocycles. The second-order valence-corrected chi connectivity index (χ2v) is 5.88. The lowest BCUT2D eigenvalue weighted by molar-refractivity contribution is -0.121. The summed E-state index contributed by atoms with van der Waals surface area (Å²) in [7, 11) is 0. The van der Waals surface area contributed by atoms with E-state index in [1.807, 2.05) is 24.3 Å². The predicted molar refractivity (Wildman–Crippen MR) is 77.8 cm³/mol. The maximum absolute atomic E-state index is 11.7. The standard InChI is InChI=1S/C12H15BrN2O3S/c1-3-18-12(17)15-14-11(16)8(2)19-10-6-4-9(13)5-7-10/h4-8H,3H2,1-2H3,(H,14,16)(H,15,17). The van der Waals surface area contributed by atoms with Gasteiger partial charge in [-0.05, 0) is 38.1 Å². The number of thioether (sulfide) groups is 1. The molecule has 0 heterocycles. The summed E-state index contributed by atoms with van der Waals surface area (Å²) in [5.41, 5.74) is 4.48. The average molecular weight is 347 g/mol. The Labute approximate surface area is 124 Å². The number of carbonyl (C=O) groups is 2. The van der Waals surface area contributed by atoms with Gasteiger partial charge in [0.1, 0.15) is 0 Å². The SMILES string of the molecule is CCOC(=O)NNC(=O)C(C)Sc1ccc(Br)cc1. The Morgan fingerprint density at radius 2 is 1.95 bits per heavy atom. The van der Waals surface area contributed by atoms with E-state index in [-0.39, 0.29) is 17.8 Å². The average Bonchev–Trinajstić information content (AvgIpc) is 2.39. The van der Waals surface area contributed by atoms with Crippen LogP contribution in [-0.4, -0.2) is 23.9 Å². The van der Waals surface area contributed by atoms with E-state index in [4.69, 9.17) is 0 Å². The molecule has 2 N–H and O–H groups in total. The van der Waals surface area contributed by atoms with Crippen LogP contribution in [0.25, 0.3) is 0 Å². The molecule has 5 nitrogen and oxygen atoms in total. The van der Waals surface area contributed by atoms with Crippen molar-refractivity contribution < 1.29 is 14.3 Å². The number of hydrogen-bond donors (Lipinski definition) is 2. The van der Waals surface area contributed by atoms with Gasteiger partial charge in [0.05, 0.1) is 11.9 Å². The van der Waals surface area contributed by atoms with Crippen molar-refractivity contribution in [1.29, 1.82) is 0 Å². The number of rotatable bonds is 4. The van der Waals surface area contributed by atoms with E-state index in [1.54, 1.807) is 13.8 Å². The first-order valence-corrected chi connectivity index (χ1v) is 7.35. The molecular weight excluding hydrogens is 332 g/mol. The zero-order chi connectivity index (χ0) is 14.3. The van der Waals surface area contributed by atoms with Crippen LogP contribution in [0.2, 0.25) is 0 Å². The number of halogens is 1. The molecule has 0 aromatic heterocycles. The molecule has 19 heavy (non-hydrogen) atoms. The summed E-state index contributed by atoms with van der Waals surface area (Å²) in [4.78, 5) is 23.7. The minimum atomic E-state index is -0.670. The fourth-order valence-corrected chi connectivity index (χ4v) is 2.28. The number of benzene rings is 1. The van der Waals surface area contributed by atoms with Crippen molar-refractivity contribution in [2.75, 3.05) is 6.61 Å². The van der Waals surface area contributed by atoms with Gasteiger partial charge in [-0.1, -0.05) is 15.9 Å². The molecular formula is C12H15BrN2O3S. The molecule has 0 aliphatic rings. The maximum atomic E-state index is 11.7. The van der Waals surface area contributed by atoms with Gasteiger partial charge in [0.25, 0.3) is 5.91 Å². The molecule has 1 atom stereocenters. The molecule has 0 saturated carbocycles. The molecule has 0 aliphatic heterocycles. The fourth-order valence-electron chi connectivity index (χ4n) is 1.15. The lowest BCUT2D eigenvalue weighted by atomic mass is 10.4. The van der Waals surface area contributed by atoms with Gasteiger partial charge >= 0.3 is 6.09 Å². The summed E-state index contributed by atoms with van der Waals surface area (Å²) >= 11 is 4.75. The van der Waals surface area contributed by atoms with Gasteiger partial charge in [-0.3, -0.25) is 10.2 Å². The van der Waals surface area contributed by atoms with Gasteiger partial charge in [0.15, 0.2) is 0 Å². The Balaban J connectivity index is 2.40. The maximum Gasteiger partial charge on any atom is 0.426 e. The Kier molecular flexibility index (Phi) is 6.72. The quantitative estimate of drug-likeness (QED) is 0.649. The summed E-state index contributed by atoms with van der Waals surface area (Å²) in [5, 5.41) is -0.330. The number of nitrogens with one attached hydrogen (secondary N) is 2. The second-order valence-electron chi connectivity index (χ2n) is 3.55. The fraction of sp³-hybridized carbons (Fsp3) is 0.333. The summed E-state index contributed by atoms with van der Waals surface area (Å²) in [5.74, 6) is -0.291. The minimum Gasteiger partial charge on any atom is -0.449 e. The number of amides is 2. The second kappa shape index (κ2) is 8.06. The van der Waals surface area contributed by atoms with Crippen molar-refractivity contribution in [2.24, 2.45) is 0 Å². The lowest BCUT2D eigenvalue weighted by Crippen LogP contribution is -2.45. The summed E-state index contributed by atoms with van der Waals surface area (Å²) in [6.07, 6.45) is -0.670. The van der Waals surface area contributed by atoms with Crippen LogP contribution in [0, 0.1) is 0 Å². The molecule has 1 unspecified atom stereocenters. The van der Waals surface area contributed by atoms with E-state index >= 15 is 0 Å². The zero-order valence-electron chi connectivity index (χ0n) is 10.6. The number of hydrazine groups is 1. The van der Waals surface area contributed by atoms with E-state index in [9.17, 15) is 9.59 Å². The van der Waals surface area contributed by atoms with Crippen LogP contribution in [0.3, 0.4) is 0 Å². The smallest absolute Gasteiger partial charge is 0.426 e. The van der Waals surface area contributed by atoms with Crippen LogP contribution in [0.4, 0.5) is 4.79 Å². The van der Waals surface area contributed by atoms with Crippen LogP contribution in [0.15, 0.2) is 33.6 Å². The van der Waals surface area contributed by atoms with Gasteiger partial charge in [-0.25, -0.2) is 10.2 Å². The van der Waals surface area contributed by atoms with E-state index in [0.29, 0.717) is 0 Å². The number of carbonyl (C=O) groups excluding carboxylic acids is 2. The zero-order valence-corrected chi connectivity index (χ0v) is 13.0. The molecule has 0 spiro atoms. The number of hydrogen-bond acceptors (Lipinski definition) is 4. The Morgan fingerprint density at radius 3 is 2.53 bits per heavy atom. The molecule has 0 radical (unpaired) electrons. The monoisotopic (exact) mass is 346 g/mol. The molecule has 1 aromatic carbocycles. The highest BCUT2D eigenvalue weighted by Crippen LogP contribution is 2.24. The van der Waals surface area contributed by atoms with E-state index in [0.717, 1.165) is 9.37 Å². The topological polar surface area (TPSA) is 67.4 Å². The molecule has 2 amide bonds. The molecule has 0 bridgehead atoms. The van der Waals surface area contributed by atoms with Crippen molar-refractivity contribution in [1.82, 2.24) is 10.9 Å². The predicted octanol–water partition coefficient (Wildman–Crippen LogP) is 2.71. The van der Waals surface area contributed by atoms with E-state index in [2.05, 4.69) is 31.5 Å². The third-order valence-electron chi connectivity index (χ3n) is 2.06. The third kappa shape index (κ3) is 5.98. The molecule has 1 aromatic rings. The summed E-state index contributed by atoms with van der Waals surface area (Å²) in [6.45, 7) is 3.70. The van der Waals surface area contributed by atoms with Crippen LogP contribution >= 0.6 is 27.7 Å². The Hall–Kier alpha value is -1.21. The van der Waals surface area contributed by atoms with Crippen molar-refractivity contribution in [3.8, 4) is 0 Å². The van der Waals surface area contributed by atoms with Gasteiger partial charge in [0.2, 0.25) is 0 Å². The molecule has 1 rings (SSSR count). The van der Waals surface area contributed by atoms with E-state index in [1.165, 1.54) is 11.8 Å². The lowest BCUT2D eigenvalue weighted by Gasteiger charge is -2.12. The molecule has 7 heteroatoms. The highest BCUT2D eigenvalue weighted by atomic mass is 79.9. The first kappa shape index (κ1) is 15.8. The summed E-state index contributed by atoms with van der Waals surface area (Å²) < 4.78 is 5.61. The minimum absolute atomic E-state index is 0.255. The van der Waals surface area contributed by atoms with Gasteiger partial charge in [-0.2, -0.15) is 0 Å². The van der Waals surface area contributed by atoms with Crippen molar-refractivity contribution in [3.05, 3.63) is 28.7 Å². The highest BCUT2D eigenvalue weighted by molar-refractivity contribution is 9.10.